The monoisotopic (exact) mass is 336 g/mol. The average Bonchev–Trinajstić information content (AvgIpc) is 2.98. The van der Waals surface area contributed by atoms with Crippen LogP contribution in [0.5, 0.6) is 0 Å². The molecule has 0 spiro atoms. The molecule has 3 nitrogen and oxygen atoms in total. The zero-order chi connectivity index (χ0) is 17.8. The van der Waals surface area contributed by atoms with Gasteiger partial charge in [0, 0.05) is 19.6 Å². The first-order valence-electron chi connectivity index (χ1n) is 9.13. The number of hydrogen-bond acceptors (Lipinski definition) is 2. The molecule has 0 bridgehead atoms. The van der Waals surface area contributed by atoms with E-state index < -0.39 is 0 Å². The van der Waals surface area contributed by atoms with Crippen LogP contribution >= 0.6 is 0 Å². The molecule has 132 valence electrons. The van der Waals surface area contributed by atoms with E-state index in [1.54, 1.807) is 7.11 Å². The summed E-state index contributed by atoms with van der Waals surface area (Å²) < 4.78 is 7.61. The van der Waals surface area contributed by atoms with Crippen LogP contribution in [-0.4, -0.2) is 23.3 Å². The highest BCUT2D eigenvalue weighted by atomic mass is 16.5. The molecule has 0 radical (unpaired) electrons. The number of ether oxygens (including phenoxy) is 1. The third-order valence-corrected chi connectivity index (χ3v) is 4.71. The normalized spacial score (nSPS) is 12.8. The molecule has 3 aromatic rings. The molecule has 1 atom stereocenters. The Kier molecular flexibility index (Phi) is 5.54. The Bertz CT molecular complexity index is 818. The van der Waals surface area contributed by atoms with Gasteiger partial charge in [-0.1, -0.05) is 57.2 Å². The molecule has 0 saturated carbocycles. The Morgan fingerprint density at radius 1 is 1.00 bits per heavy atom. The summed E-state index contributed by atoms with van der Waals surface area (Å²) in [6, 6.07) is 17.4. The van der Waals surface area contributed by atoms with Crippen LogP contribution in [0.4, 0.5) is 0 Å². The molecule has 3 heteroatoms. The summed E-state index contributed by atoms with van der Waals surface area (Å²) in [5.41, 5.74) is 4.94. The van der Waals surface area contributed by atoms with Crippen molar-refractivity contribution in [2.45, 2.75) is 39.7 Å². The van der Waals surface area contributed by atoms with Crippen LogP contribution in [0.2, 0.25) is 0 Å². The Labute approximate surface area is 150 Å². The molecule has 1 aromatic heterocycles. The van der Waals surface area contributed by atoms with Crippen molar-refractivity contribution >= 4 is 11.0 Å². The summed E-state index contributed by atoms with van der Waals surface area (Å²) in [5.74, 6) is 2.04. The van der Waals surface area contributed by atoms with Crippen molar-refractivity contribution in [1.82, 2.24) is 9.55 Å². The highest BCUT2D eigenvalue weighted by Crippen LogP contribution is 2.27. The van der Waals surface area contributed by atoms with Crippen molar-refractivity contribution in [3.63, 3.8) is 0 Å². The maximum Gasteiger partial charge on any atom is 0.117 e. The molecule has 0 aliphatic carbocycles. The van der Waals surface area contributed by atoms with E-state index >= 15 is 0 Å². The molecule has 1 heterocycles. The second-order valence-corrected chi connectivity index (χ2v) is 7.16. The second kappa shape index (κ2) is 7.83. The number of rotatable bonds is 7. The van der Waals surface area contributed by atoms with Gasteiger partial charge in [-0.3, -0.25) is 0 Å². The molecule has 0 amide bonds. The highest BCUT2D eigenvalue weighted by molar-refractivity contribution is 5.76. The number of nitrogens with zero attached hydrogens (tertiary/aromatic N) is 2. The van der Waals surface area contributed by atoms with Crippen LogP contribution in [0.3, 0.4) is 0 Å². The molecule has 0 aliphatic rings. The summed E-state index contributed by atoms with van der Waals surface area (Å²) in [4.78, 5) is 4.92. The molecule has 25 heavy (non-hydrogen) atoms. The van der Waals surface area contributed by atoms with Crippen molar-refractivity contribution in [2.24, 2.45) is 5.92 Å². The van der Waals surface area contributed by atoms with Gasteiger partial charge in [-0.25, -0.2) is 4.98 Å². The van der Waals surface area contributed by atoms with Crippen LogP contribution < -0.4 is 0 Å². The smallest absolute Gasteiger partial charge is 0.117 e. The zero-order valence-electron chi connectivity index (χ0n) is 15.7. The van der Waals surface area contributed by atoms with Gasteiger partial charge in [0.2, 0.25) is 0 Å². The van der Waals surface area contributed by atoms with E-state index in [4.69, 9.17) is 9.72 Å². The summed E-state index contributed by atoms with van der Waals surface area (Å²) in [7, 11) is 1.75. The van der Waals surface area contributed by atoms with Gasteiger partial charge in [-0.15, -0.1) is 0 Å². The first-order valence-corrected chi connectivity index (χ1v) is 9.13. The third kappa shape index (κ3) is 3.93. The minimum atomic E-state index is 0.248. The average molecular weight is 336 g/mol. The van der Waals surface area contributed by atoms with Crippen LogP contribution in [0.25, 0.3) is 11.0 Å². The maximum absolute atomic E-state index is 5.31. The predicted molar refractivity (Wildman–Crippen MR) is 104 cm³/mol. The summed E-state index contributed by atoms with van der Waals surface area (Å²) in [6.07, 6.45) is 1.13. The molecule has 1 unspecified atom stereocenters. The molecular weight excluding hydrogens is 308 g/mol. The van der Waals surface area contributed by atoms with Gasteiger partial charge < -0.3 is 9.30 Å². The van der Waals surface area contributed by atoms with Crippen LogP contribution in [0.15, 0.2) is 48.5 Å². The first kappa shape index (κ1) is 17.7. The Morgan fingerprint density at radius 2 is 1.72 bits per heavy atom. The van der Waals surface area contributed by atoms with E-state index in [0.717, 1.165) is 24.3 Å². The number of imidazole rings is 1. The van der Waals surface area contributed by atoms with Gasteiger partial charge in [0.25, 0.3) is 0 Å². The van der Waals surface area contributed by atoms with Crippen molar-refractivity contribution in [3.8, 4) is 0 Å². The van der Waals surface area contributed by atoms with Crippen LogP contribution in [0.1, 0.15) is 43.6 Å². The largest absolute Gasteiger partial charge is 0.383 e. The Hall–Kier alpha value is -2.13. The number of hydrogen-bond donors (Lipinski definition) is 0. The lowest BCUT2D eigenvalue weighted by Crippen LogP contribution is -2.11. The molecule has 0 aliphatic heterocycles. The van der Waals surface area contributed by atoms with Gasteiger partial charge in [0.05, 0.1) is 17.6 Å². The molecular formula is C22H28N2O. The molecule has 0 N–H and O–H groups in total. The lowest BCUT2D eigenvalue weighted by atomic mass is 9.96. The topological polar surface area (TPSA) is 27.1 Å². The van der Waals surface area contributed by atoms with Crippen LogP contribution in [-0.2, 0) is 17.7 Å². The second-order valence-electron chi connectivity index (χ2n) is 7.16. The van der Waals surface area contributed by atoms with Crippen molar-refractivity contribution in [1.29, 1.82) is 0 Å². The summed E-state index contributed by atoms with van der Waals surface area (Å²) in [5, 5.41) is 0. The van der Waals surface area contributed by atoms with Gasteiger partial charge in [-0.2, -0.15) is 0 Å². The summed E-state index contributed by atoms with van der Waals surface area (Å²) >= 11 is 0. The van der Waals surface area contributed by atoms with Gasteiger partial charge in [0.1, 0.15) is 5.82 Å². The van der Waals surface area contributed by atoms with Crippen molar-refractivity contribution < 1.29 is 4.74 Å². The Morgan fingerprint density at radius 3 is 2.40 bits per heavy atom. The quantitative estimate of drug-likeness (QED) is 0.605. The molecule has 0 saturated heterocycles. The summed E-state index contributed by atoms with van der Waals surface area (Å²) in [6.45, 7) is 8.26. The molecule has 0 fully saturated rings. The standard InChI is InChI=1S/C22H28N2O/c1-16(2)15-18-9-11-19(12-10-18)17(3)22-23-20-7-5-6-8-21(20)24(22)13-14-25-4/h5-12,16-17H,13-15H2,1-4H3. The first-order chi connectivity index (χ1) is 12.1. The van der Waals surface area contributed by atoms with E-state index in [-0.39, 0.29) is 5.92 Å². The fourth-order valence-corrected chi connectivity index (χ4v) is 3.41. The molecule has 2 aromatic carbocycles. The van der Waals surface area contributed by atoms with Gasteiger partial charge >= 0.3 is 0 Å². The number of benzene rings is 2. The van der Waals surface area contributed by atoms with E-state index in [9.17, 15) is 0 Å². The number of aromatic nitrogens is 2. The van der Waals surface area contributed by atoms with Gasteiger partial charge in [0.15, 0.2) is 0 Å². The van der Waals surface area contributed by atoms with E-state index in [2.05, 4.69) is 67.8 Å². The predicted octanol–water partition coefficient (Wildman–Crippen LogP) is 5.03. The fraction of sp³-hybridized carbons (Fsp3) is 0.409. The third-order valence-electron chi connectivity index (χ3n) is 4.71. The zero-order valence-corrected chi connectivity index (χ0v) is 15.7. The highest BCUT2D eigenvalue weighted by Gasteiger charge is 2.18. The lowest BCUT2D eigenvalue weighted by Gasteiger charge is -2.16. The lowest BCUT2D eigenvalue weighted by molar-refractivity contribution is 0.187. The van der Waals surface area contributed by atoms with E-state index in [1.807, 2.05) is 6.07 Å². The molecule has 3 rings (SSSR count). The fourth-order valence-electron chi connectivity index (χ4n) is 3.41. The van der Waals surface area contributed by atoms with Crippen LogP contribution in [0, 0.1) is 5.92 Å². The Balaban J connectivity index is 1.94. The minimum absolute atomic E-state index is 0.248. The van der Waals surface area contributed by atoms with Gasteiger partial charge in [-0.05, 0) is 35.6 Å². The number of para-hydroxylation sites is 2. The SMILES string of the molecule is COCCn1c(C(C)c2ccc(CC(C)C)cc2)nc2ccccc21. The van der Waals surface area contributed by atoms with E-state index in [1.165, 1.54) is 16.6 Å². The van der Waals surface area contributed by atoms with Crippen molar-refractivity contribution in [2.75, 3.05) is 13.7 Å². The minimum Gasteiger partial charge on any atom is -0.383 e. The number of fused-ring (bicyclic) bond motifs is 1. The maximum atomic E-state index is 5.31. The van der Waals surface area contributed by atoms with E-state index in [0.29, 0.717) is 12.5 Å². The number of methoxy groups -OCH3 is 1. The van der Waals surface area contributed by atoms with Crippen molar-refractivity contribution in [3.05, 3.63) is 65.5 Å².